The van der Waals surface area contributed by atoms with Gasteiger partial charge in [-0.05, 0) is 60.9 Å². The number of anilines is 1. The number of esters is 1. The van der Waals surface area contributed by atoms with E-state index >= 15 is 0 Å². The molecule has 0 aliphatic carbocycles. The molecule has 0 aromatic heterocycles. The quantitative estimate of drug-likeness (QED) is 0.354. The molecule has 0 radical (unpaired) electrons. The first-order valence-corrected chi connectivity index (χ1v) is 9.61. The van der Waals surface area contributed by atoms with Crippen molar-refractivity contribution in [1.29, 1.82) is 0 Å². The van der Waals surface area contributed by atoms with Gasteiger partial charge >= 0.3 is 5.97 Å². The number of carbonyl (C=O) groups is 2. The summed E-state index contributed by atoms with van der Waals surface area (Å²) in [5.41, 5.74) is 1.99. The van der Waals surface area contributed by atoms with Crippen molar-refractivity contribution in [2.75, 3.05) is 18.5 Å². The SMILES string of the molecule is CCCCOC(=O)c1ccc(NC(=O)/C=C/c2ccc(OCCC)cc2)cc1. The van der Waals surface area contributed by atoms with Crippen LogP contribution in [0.5, 0.6) is 5.75 Å². The Bertz CT molecular complexity index is 779. The normalized spacial score (nSPS) is 10.6. The van der Waals surface area contributed by atoms with E-state index in [-0.39, 0.29) is 11.9 Å². The first kappa shape index (κ1) is 21.2. The maximum atomic E-state index is 12.1. The van der Waals surface area contributed by atoms with Gasteiger partial charge in [0.15, 0.2) is 0 Å². The van der Waals surface area contributed by atoms with E-state index in [0.29, 0.717) is 24.5 Å². The van der Waals surface area contributed by atoms with Crippen molar-refractivity contribution in [1.82, 2.24) is 0 Å². The number of nitrogens with one attached hydrogen (secondary N) is 1. The molecule has 1 N–H and O–H groups in total. The molecular weight excluding hydrogens is 354 g/mol. The van der Waals surface area contributed by atoms with E-state index in [9.17, 15) is 9.59 Å². The van der Waals surface area contributed by atoms with E-state index in [1.54, 1.807) is 30.3 Å². The Morgan fingerprint density at radius 1 is 0.929 bits per heavy atom. The first-order valence-electron chi connectivity index (χ1n) is 9.61. The summed E-state index contributed by atoms with van der Waals surface area (Å²) in [4.78, 5) is 23.9. The third-order valence-electron chi connectivity index (χ3n) is 3.90. The van der Waals surface area contributed by atoms with Gasteiger partial charge in [0.1, 0.15) is 5.75 Å². The molecule has 5 nitrogen and oxygen atoms in total. The maximum absolute atomic E-state index is 12.1. The molecule has 2 rings (SSSR count). The number of hydrogen-bond donors (Lipinski definition) is 1. The second-order valence-electron chi connectivity index (χ2n) is 6.31. The highest BCUT2D eigenvalue weighted by Crippen LogP contribution is 2.14. The van der Waals surface area contributed by atoms with Gasteiger partial charge in [0, 0.05) is 11.8 Å². The lowest BCUT2D eigenvalue weighted by Crippen LogP contribution is -2.09. The van der Waals surface area contributed by atoms with Crippen molar-refractivity contribution in [3.63, 3.8) is 0 Å². The highest BCUT2D eigenvalue weighted by Gasteiger charge is 2.07. The van der Waals surface area contributed by atoms with Gasteiger partial charge < -0.3 is 14.8 Å². The monoisotopic (exact) mass is 381 g/mol. The average molecular weight is 381 g/mol. The van der Waals surface area contributed by atoms with Gasteiger partial charge in [0.05, 0.1) is 18.8 Å². The van der Waals surface area contributed by atoms with Crippen LogP contribution in [-0.2, 0) is 9.53 Å². The van der Waals surface area contributed by atoms with Crippen LogP contribution in [0.2, 0.25) is 0 Å². The fourth-order valence-corrected chi connectivity index (χ4v) is 2.33. The molecule has 2 aromatic rings. The van der Waals surface area contributed by atoms with E-state index in [4.69, 9.17) is 9.47 Å². The molecule has 0 bridgehead atoms. The highest BCUT2D eigenvalue weighted by molar-refractivity contribution is 6.02. The van der Waals surface area contributed by atoms with E-state index in [0.717, 1.165) is 30.6 Å². The molecule has 0 unspecified atom stereocenters. The standard InChI is InChI=1S/C23H27NO4/c1-3-5-17-28-23(26)19-9-11-20(12-10-19)24-22(25)15-8-18-6-13-21(14-7-18)27-16-4-2/h6-15H,3-5,16-17H2,1-2H3,(H,24,25)/b15-8+. The summed E-state index contributed by atoms with van der Waals surface area (Å²) >= 11 is 0. The molecule has 5 heteroatoms. The largest absolute Gasteiger partial charge is 0.494 e. The number of amides is 1. The molecule has 0 fully saturated rings. The van der Waals surface area contributed by atoms with Gasteiger partial charge in [0.2, 0.25) is 5.91 Å². The van der Waals surface area contributed by atoms with Crippen LogP contribution in [0.15, 0.2) is 54.6 Å². The minimum absolute atomic E-state index is 0.246. The minimum Gasteiger partial charge on any atom is -0.494 e. The Balaban J connectivity index is 1.85. The molecule has 2 aromatic carbocycles. The molecule has 0 aliphatic heterocycles. The smallest absolute Gasteiger partial charge is 0.338 e. The van der Waals surface area contributed by atoms with Crippen LogP contribution in [0.1, 0.15) is 49.0 Å². The molecule has 28 heavy (non-hydrogen) atoms. The third kappa shape index (κ3) is 7.27. The van der Waals surface area contributed by atoms with Gasteiger partial charge in [-0.2, -0.15) is 0 Å². The zero-order valence-corrected chi connectivity index (χ0v) is 16.4. The number of benzene rings is 2. The average Bonchev–Trinajstić information content (AvgIpc) is 2.72. The van der Waals surface area contributed by atoms with Crippen LogP contribution in [0, 0.1) is 0 Å². The topological polar surface area (TPSA) is 64.6 Å². The Morgan fingerprint density at radius 2 is 1.64 bits per heavy atom. The van der Waals surface area contributed by atoms with Crippen LogP contribution in [0.4, 0.5) is 5.69 Å². The van der Waals surface area contributed by atoms with E-state index in [1.165, 1.54) is 6.08 Å². The summed E-state index contributed by atoms with van der Waals surface area (Å²) in [6, 6.07) is 14.2. The van der Waals surface area contributed by atoms with Crippen molar-refractivity contribution in [3.8, 4) is 5.75 Å². The number of unbranched alkanes of at least 4 members (excludes halogenated alkanes) is 1. The van der Waals surface area contributed by atoms with Crippen LogP contribution >= 0.6 is 0 Å². The summed E-state index contributed by atoms with van der Waals surface area (Å²) in [6.45, 7) is 5.20. The Kier molecular flexibility index (Phi) is 8.79. The number of carbonyl (C=O) groups excluding carboxylic acids is 2. The third-order valence-corrected chi connectivity index (χ3v) is 3.90. The van der Waals surface area contributed by atoms with Gasteiger partial charge in [0.25, 0.3) is 0 Å². The van der Waals surface area contributed by atoms with Crippen molar-refractivity contribution in [3.05, 3.63) is 65.7 Å². The second kappa shape index (κ2) is 11.6. The Morgan fingerprint density at radius 3 is 2.29 bits per heavy atom. The van der Waals surface area contributed by atoms with Crippen LogP contribution in [-0.4, -0.2) is 25.1 Å². The predicted molar refractivity (Wildman–Crippen MR) is 112 cm³/mol. The fraction of sp³-hybridized carbons (Fsp3) is 0.304. The maximum Gasteiger partial charge on any atom is 0.338 e. The van der Waals surface area contributed by atoms with Gasteiger partial charge in [-0.1, -0.05) is 32.4 Å². The van der Waals surface area contributed by atoms with Crippen molar-refractivity contribution < 1.29 is 19.1 Å². The first-order chi connectivity index (χ1) is 13.6. The van der Waals surface area contributed by atoms with Crippen LogP contribution in [0.25, 0.3) is 6.08 Å². The molecule has 0 saturated heterocycles. The van der Waals surface area contributed by atoms with Crippen LogP contribution < -0.4 is 10.1 Å². The van der Waals surface area contributed by atoms with Gasteiger partial charge in [-0.15, -0.1) is 0 Å². The minimum atomic E-state index is -0.349. The predicted octanol–water partition coefficient (Wildman–Crippen LogP) is 5.08. The molecule has 0 heterocycles. The molecule has 1 amide bonds. The molecule has 0 atom stereocenters. The summed E-state index contributed by atoms with van der Waals surface area (Å²) in [7, 11) is 0. The lowest BCUT2D eigenvalue weighted by Gasteiger charge is -2.06. The van der Waals surface area contributed by atoms with Crippen molar-refractivity contribution in [2.45, 2.75) is 33.1 Å². The number of rotatable bonds is 10. The van der Waals surface area contributed by atoms with E-state index < -0.39 is 0 Å². The Hall–Kier alpha value is -3.08. The zero-order valence-electron chi connectivity index (χ0n) is 16.4. The van der Waals surface area contributed by atoms with Crippen molar-refractivity contribution >= 4 is 23.6 Å². The molecule has 0 saturated carbocycles. The molecule has 0 aliphatic rings. The zero-order chi connectivity index (χ0) is 20.2. The number of ether oxygens (including phenoxy) is 2. The highest BCUT2D eigenvalue weighted by atomic mass is 16.5. The molecular formula is C23H27NO4. The number of hydrogen-bond acceptors (Lipinski definition) is 4. The lowest BCUT2D eigenvalue weighted by atomic mass is 10.2. The summed E-state index contributed by atoms with van der Waals surface area (Å²) in [6.07, 6.45) is 5.99. The second-order valence-corrected chi connectivity index (χ2v) is 6.31. The van der Waals surface area contributed by atoms with Crippen LogP contribution in [0.3, 0.4) is 0 Å². The summed E-state index contributed by atoms with van der Waals surface area (Å²) < 4.78 is 10.7. The molecule has 148 valence electrons. The molecule has 0 spiro atoms. The van der Waals surface area contributed by atoms with Gasteiger partial charge in [-0.3, -0.25) is 4.79 Å². The van der Waals surface area contributed by atoms with Gasteiger partial charge in [-0.25, -0.2) is 4.79 Å². The summed E-state index contributed by atoms with van der Waals surface area (Å²) in [5, 5.41) is 2.77. The van der Waals surface area contributed by atoms with E-state index in [2.05, 4.69) is 12.2 Å². The summed E-state index contributed by atoms with van der Waals surface area (Å²) in [5.74, 6) is 0.221. The Labute approximate surface area is 166 Å². The lowest BCUT2D eigenvalue weighted by molar-refractivity contribution is -0.111. The van der Waals surface area contributed by atoms with Crippen molar-refractivity contribution in [2.24, 2.45) is 0 Å². The van der Waals surface area contributed by atoms with E-state index in [1.807, 2.05) is 31.2 Å². The fourth-order valence-electron chi connectivity index (χ4n) is 2.33.